The lowest BCUT2D eigenvalue weighted by atomic mass is 10.2. The molecular weight excluding hydrogens is 302 g/mol. The van der Waals surface area contributed by atoms with Gasteiger partial charge in [-0.25, -0.2) is 8.78 Å². The molecule has 0 bridgehead atoms. The van der Waals surface area contributed by atoms with Gasteiger partial charge in [-0.2, -0.15) is 0 Å². The molecule has 2 aromatic rings. The monoisotopic (exact) mass is 316 g/mol. The van der Waals surface area contributed by atoms with Crippen molar-refractivity contribution in [2.45, 2.75) is 6.92 Å². The van der Waals surface area contributed by atoms with Gasteiger partial charge >= 0.3 is 0 Å². The average molecular weight is 316 g/mol. The smallest absolute Gasteiger partial charge is 0.248 e. The highest BCUT2D eigenvalue weighted by molar-refractivity contribution is 6.06. The molecule has 4 nitrogen and oxygen atoms in total. The topological polar surface area (TPSA) is 58.2 Å². The molecule has 2 aromatic carbocycles. The van der Waals surface area contributed by atoms with E-state index < -0.39 is 23.4 Å². The number of benzene rings is 2. The molecule has 0 saturated heterocycles. The molecule has 2 N–H and O–H groups in total. The van der Waals surface area contributed by atoms with Gasteiger partial charge in [-0.3, -0.25) is 9.59 Å². The van der Waals surface area contributed by atoms with E-state index >= 15 is 0 Å². The van der Waals surface area contributed by atoms with Crippen LogP contribution in [0.2, 0.25) is 0 Å². The lowest BCUT2D eigenvalue weighted by Gasteiger charge is -2.04. The van der Waals surface area contributed by atoms with E-state index in [2.05, 4.69) is 10.6 Å². The molecule has 23 heavy (non-hydrogen) atoms. The first-order chi connectivity index (χ1) is 10.9. The standard InChI is InChI=1S/C17H14F2N2O2/c1-11-2-5-14(10-15(11)19)21-17(23)9-8-16(22)20-13-6-3-12(18)4-7-13/h2-10H,1H3,(H,20,22)(H,21,23). The first-order valence-electron chi connectivity index (χ1n) is 6.76. The minimum absolute atomic E-state index is 0.293. The van der Waals surface area contributed by atoms with E-state index in [1.54, 1.807) is 13.0 Å². The fraction of sp³-hybridized carbons (Fsp3) is 0.0588. The van der Waals surface area contributed by atoms with Crippen molar-refractivity contribution >= 4 is 23.2 Å². The average Bonchev–Trinajstić information content (AvgIpc) is 2.51. The zero-order valence-corrected chi connectivity index (χ0v) is 12.3. The van der Waals surface area contributed by atoms with Crippen molar-refractivity contribution in [3.05, 3.63) is 71.8 Å². The van der Waals surface area contributed by atoms with Crippen LogP contribution in [0.4, 0.5) is 20.2 Å². The summed E-state index contributed by atoms with van der Waals surface area (Å²) in [6, 6.07) is 9.50. The van der Waals surface area contributed by atoms with Crippen LogP contribution in [0.3, 0.4) is 0 Å². The molecule has 0 aliphatic carbocycles. The van der Waals surface area contributed by atoms with E-state index in [-0.39, 0.29) is 0 Å². The molecular formula is C17H14F2N2O2. The van der Waals surface area contributed by atoms with Crippen LogP contribution in [0, 0.1) is 18.6 Å². The summed E-state index contributed by atoms with van der Waals surface area (Å²) < 4.78 is 26.1. The number of hydrogen-bond donors (Lipinski definition) is 2. The maximum Gasteiger partial charge on any atom is 0.248 e. The Morgan fingerprint density at radius 1 is 0.870 bits per heavy atom. The number of rotatable bonds is 4. The fourth-order valence-electron chi connectivity index (χ4n) is 1.72. The largest absolute Gasteiger partial charge is 0.323 e. The Hall–Kier alpha value is -3.02. The van der Waals surface area contributed by atoms with E-state index in [1.165, 1.54) is 36.4 Å². The molecule has 0 aliphatic rings. The second-order valence-corrected chi connectivity index (χ2v) is 4.78. The zero-order valence-electron chi connectivity index (χ0n) is 12.3. The molecule has 2 amide bonds. The van der Waals surface area contributed by atoms with E-state index in [0.717, 1.165) is 12.2 Å². The number of halogens is 2. The normalized spacial score (nSPS) is 10.6. The SMILES string of the molecule is Cc1ccc(NC(=O)C=CC(=O)Nc2ccc(F)cc2)cc1F. The van der Waals surface area contributed by atoms with Crippen molar-refractivity contribution in [1.29, 1.82) is 0 Å². The summed E-state index contributed by atoms with van der Waals surface area (Å²) in [7, 11) is 0. The number of carbonyl (C=O) groups is 2. The highest BCUT2D eigenvalue weighted by atomic mass is 19.1. The number of carbonyl (C=O) groups excluding carboxylic acids is 2. The predicted octanol–water partition coefficient (Wildman–Crippen LogP) is 3.41. The molecule has 6 heteroatoms. The van der Waals surface area contributed by atoms with Crippen LogP contribution in [0.15, 0.2) is 54.6 Å². The third kappa shape index (κ3) is 5.03. The molecule has 0 spiro atoms. The molecule has 0 atom stereocenters. The van der Waals surface area contributed by atoms with Gasteiger partial charge < -0.3 is 10.6 Å². The van der Waals surface area contributed by atoms with Gasteiger partial charge in [0.05, 0.1) is 0 Å². The molecule has 2 rings (SSSR count). The summed E-state index contributed by atoms with van der Waals surface area (Å²) in [6.07, 6.45) is 2.06. The van der Waals surface area contributed by atoms with Crippen molar-refractivity contribution < 1.29 is 18.4 Å². The lowest BCUT2D eigenvalue weighted by Crippen LogP contribution is -2.12. The van der Waals surface area contributed by atoms with Crippen molar-refractivity contribution in [3.63, 3.8) is 0 Å². The second-order valence-electron chi connectivity index (χ2n) is 4.78. The van der Waals surface area contributed by atoms with E-state index in [0.29, 0.717) is 16.9 Å². The summed E-state index contributed by atoms with van der Waals surface area (Å²) in [5.41, 5.74) is 1.17. The minimum atomic E-state index is -0.567. The summed E-state index contributed by atoms with van der Waals surface area (Å²) in [4.78, 5) is 23.3. The van der Waals surface area contributed by atoms with E-state index in [9.17, 15) is 18.4 Å². The van der Waals surface area contributed by atoms with Crippen LogP contribution >= 0.6 is 0 Å². The summed E-state index contributed by atoms with van der Waals surface area (Å²) >= 11 is 0. The quantitative estimate of drug-likeness (QED) is 0.849. The number of hydrogen-bond acceptors (Lipinski definition) is 2. The van der Waals surface area contributed by atoms with E-state index in [4.69, 9.17) is 0 Å². The van der Waals surface area contributed by atoms with Crippen LogP contribution in [0.1, 0.15) is 5.56 Å². The number of aryl methyl sites for hydroxylation is 1. The number of anilines is 2. The van der Waals surface area contributed by atoms with Gasteiger partial charge in [-0.05, 0) is 48.9 Å². The first kappa shape index (κ1) is 16.4. The molecule has 0 aliphatic heterocycles. The van der Waals surface area contributed by atoms with Crippen LogP contribution in [0.5, 0.6) is 0 Å². The maximum atomic E-state index is 13.4. The second kappa shape index (κ2) is 7.31. The third-order valence-corrected chi connectivity index (χ3v) is 2.94. The van der Waals surface area contributed by atoms with Crippen molar-refractivity contribution in [2.24, 2.45) is 0 Å². The Kier molecular flexibility index (Phi) is 5.19. The molecule has 0 heterocycles. The van der Waals surface area contributed by atoms with E-state index in [1.807, 2.05) is 0 Å². The third-order valence-electron chi connectivity index (χ3n) is 2.94. The molecule has 118 valence electrons. The van der Waals surface area contributed by atoms with Crippen molar-refractivity contribution in [2.75, 3.05) is 10.6 Å². The summed E-state index contributed by atoms with van der Waals surface area (Å²) in [6.45, 7) is 1.61. The highest BCUT2D eigenvalue weighted by Crippen LogP contribution is 2.13. The van der Waals surface area contributed by atoms with Crippen LogP contribution in [-0.4, -0.2) is 11.8 Å². The summed E-state index contributed by atoms with van der Waals surface area (Å²) in [5.74, 6) is -1.95. The molecule has 0 saturated carbocycles. The Balaban J connectivity index is 1.90. The Morgan fingerprint density at radius 3 is 1.96 bits per heavy atom. The Morgan fingerprint density at radius 2 is 1.39 bits per heavy atom. The van der Waals surface area contributed by atoms with Gasteiger partial charge in [0.1, 0.15) is 11.6 Å². The molecule has 0 fully saturated rings. The molecule has 0 aromatic heterocycles. The molecule has 0 radical (unpaired) electrons. The van der Waals surface area contributed by atoms with Gasteiger partial charge in [-0.1, -0.05) is 6.07 Å². The van der Waals surface area contributed by atoms with Crippen LogP contribution < -0.4 is 10.6 Å². The zero-order chi connectivity index (χ0) is 16.8. The van der Waals surface area contributed by atoms with Gasteiger partial charge in [0, 0.05) is 23.5 Å². The lowest BCUT2D eigenvalue weighted by molar-refractivity contribution is -0.114. The van der Waals surface area contributed by atoms with Gasteiger partial charge in [0.25, 0.3) is 0 Å². The Bertz CT molecular complexity index is 756. The van der Waals surface area contributed by atoms with Crippen LogP contribution in [-0.2, 0) is 9.59 Å². The predicted molar refractivity (Wildman–Crippen MR) is 83.9 cm³/mol. The molecule has 0 unspecified atom stereocenters. The van der Waals surface area contributed by atoms with Gasteiger partial charge in [-0.15, -0.1) is 0 Å². The van der Waals surface area contributed by atoms with Crippen LogP contribution in [0.25, 0.3) is 0 Å². The maximum absolute atomic E-state index is 13.4. The summed E-state index contributed by atoms with van der Waals surface area (Å²) in [5, 5.41) is 4.91. The first-order valence-corrected chi connectivity index (χ1v) is 6.76. The minimum Gasteiger partial charge on any atom is -0.323 e. The van der Waals surface area contributed by atoms with Gasteiger partial charge in [0.2, 0.25) is 11.8 Å². The fourth-order valence-corrected chi connectivity index (χ4v) is 1.72. The van der Waals surface area contributed by atoms with Crippen molar-refractivity contribution in [3.8, 4) is 0 Å². The van der Waals surface area contributed by atoms with Crippen molar-refractivity contribution in [1.82, 2.24) is 0 Å². The Labute approximate surface area is 131 Å². The number of nitrogens with one attached hydrogen (secondary N) is 2. The number of amides is 2. The highest BCUT2D eigenvalue weighted by Gasteiger charge is 2.03. The van der Waals surface area contributed by atoms with Gasteiger partial charge in [0.15, 0.2) is 0 Å².